The van der Waals surface area contributed by atoms with E-state index in [4.69, 9.17) is 9.47 Å². The van der Waals surface area contributed by atoms with E-state index in [1.54, 1.807) is 30.3 Å². The number of alkyl halides is 3. The number of H-pyrrole nitrogens is 1. The van der Waals surface area contributed by atoms with Gasteiger partial charge in [-0.1, -0.05) is 30.3 Å². The first-order chi connectivity index (χ1) is 15.8. The Hall–Kier alpha value is -4.01. The number of para-hydroxylation sites is 1. The molecule has 2 N–H and O–H groups in total. The van der Waals surface area contributed by atoms with Crippen molar-refractivity contribution in [2.75, 3.05) is 7.11 Å². The number of aromatic hydroxyl groups is 1. The largest absolute Gasteiger partial charge is 0.507 e. The van der Waals surface area contributed by atoms with Crippen molar-refractivity contribution in [3.05, 3.63) is 83.8 Å². The van der Waals surface area contributed by atoms with Gasteiger partial charge in [0.1, 0.15) is 41.1 Å². The minimum absolute atomic E-state index is 0.0804. The highest BCUT2D eigenvalue weighted by molar-refractivity contribution is 5.88. The monoisotopic (exact) mass is 458 g/mol. The molecule has 9 heteroatoms. The van der Waals surface area contributed by atoms with Crippen LogP contribution in [-0.4, -0.2) is 22.4 Å². The van der Waals surface area contributed by atoms with Gasteiger partial charge in [0.15, 0.2) is 0 Å². The maximum absolute atomic E-state index is 13.7. The molecule has 0 bridgehead atoms. The Morgan fingerprint density at radius 1 is 0.970 bits per heavy atom. The van der Waals surface area contributed by atoms with Crippen LogP contribution in [0.25, 0.3) is 22.4 Å². The van der Waals surface area contributed by atoms with E-state index in [9.17, 15) is 22.7 Å². The molecule has 170 valence electrons. The Bertz CT molecular complexity index is 1270. The van der Waals surface area contributed by atoms with Crippen molar-refractivity contribution >= 4 is 0 Å². The number of ether oxygens (including phenoxy) is 2. The number of methoxy groups -OCH3 is 1. The lowest BCUT2D eigenvalue weighted by Crippen LogP contribution is -2.07. The van der Waals surface area contributed by atoms with Gasteiger partial charge in [0.2, 0.25) is 0 Å². The first-order valence-electron chi connectivity index (χ1n) is 9.77. The zero-order chi connectivity index (χ0) is 23.6. The van der Waals surface area contributed by atoms with Crippen molar-refractivity contribution in [3.63, 3.8) is 0 Å². The number of aromatic amines is 1. The summed E-state index contributed by atoms with van der Waals surface area (Å²) in [6, 6.07) is 16.2. The number of phenolic OH excluding ortho intramolecular Hbond substituents is 1. The Morgan fingerprint density at radius 3 is 2.36 bits per heavy atom. The van der Waals surface area contributed by atoms with Crippen LogP contribution >= 0.6 is 0 Å². The molecular formula is C24H18F4N2O3. The van der Waals surface area contributed by atoms with Crippen LogP contribution in [0.1, 0.15) is 11.3 Å². The van der Waals surface area contributed by atoms with E-state index in [2.05, 4.69) is 10.2 Å². The molecule has 0 fully saturated rings. The predicted octanol–water partition coefficient (Wildman–Crippen LogP) is 6.19. The molecule has 0 radical (unpaired) electrons. The fourth-order valence-corrected chi connectivity index (χ4v) is 3.40. The third kappa shape index (κ3) is 4.62. The zero-order valence-corrected chi connectivity index (χ0v) is 17.3. The first-order valence-corrected chi connectivity index (χ1v) is 9.77. The molecular weight excluding hydrogens is 440 g/mol. The minimum Gasteiger partial charge on any atom is -0.507 e. The summed E-state index contributed by atoms with van der Waals surface area (Å²) in [6.45, 7) is 0.117. The quantitative estimate of drug-likeness (QED) is 0.338. The summed E-state index contributed by atoms with van der Waals surface area (Å²) >= 11 is 0. The van der Waals surface area contributed by atoms with E-state index in [0.29, 0.717) is 5.56 Å². The summed E-state index contributed by atoms with van der Waals surface area (Å²) in [4.78, 5) is 0. The number of nitrogens with one attached hydrogen (secondary N) is 1. The third-order valence-corrected chi connectivity index (χ3v) is 4.97. The second-order valence-electron chi connectivity index (χ2n) is 7.11. The fourth-order valence-electron chi connectivity index (χ4n) is 3.40. The summed E-state index contributed by atoms with van der Waals surface area (Å²) in [7, 11) is 1.36. The molecule has 5 nitrogen and oxygen atoms in total. The second-order valence-corrected chi connectivity index (χ2v) is 7.11. The molecule has 1 heterocycles. The van der Waals surface area contributed by atoms with Crippen LogP contribution in [0.5, 0.6) is 17.2 Å². The molecule has 4 aromatic rings. The van der Waals surface area contributed by atoms with Gasteiger partial charge in [-0.05, 0) is 35.9 Å². The van der Waals surface area contributed by atoms with E-state index in [1.165, 1.54) is 43.5 Å². The molecule has 0 aliphatic heterocycles. The second kappa shape index (κ2) is 8.85. The summed E-state index contributed by atoms with van der Waals surface area (Å²) in [5.41, 5.74) is -0.424. The summed E-state index contributed by atoms with van der Waals surface area (Å²) in [5.74, 6) is -0.179. The van der Waals surface area contributed by atoms with Crippen molar-refractivity contribution in [1.82, 2.24) is 10.2 Å². The van der Waals surface area contributed by atoms with Gasteiger partial charge in [-0.25, -0.2) is 4.39 Å². The lowest BCUT2D eigenvalue weighted by atomic mass is 9.97. The lowest BCUT2D eigenvalue weighted by molar-refractivity contribution is -0.140. The first kappa shape index (κ1) is 22.2. The fraction of sp³-hybridized carbons (Fsp3) is 0.125. The molecule has 0 aliphatic rings. The lowest BCUT2D eigenvalue weighted by Gasteiger charge is -2.13. The Kier molecular flexibility index (Phi) is 5.95. The van der Waals surface area contributed by atoms with E-state index >= 15 is 0 Å². The van der Waals surface area contributed by atoms with E-state index < -0.39 is 11.9 Å². The van der Waals surface area contributed by atoms with Crippen LogP contribution in [0.2, 0.25) is 0 Å². The number of benzene rings is 3. The number of hydrogen-bond acceptors (Lipinski definition) is 4. The van der Waals surface area contributed by atoms with Gasteiger partial charge in [-0.3, -0.25) is 5.10 Å². The van der Waals surface area contributed by atoms with Crippen LogP contribution in [0.3, 0.4) is 0 Å². The van der Waals surface area contributed by atoms with Crippen molar-refractivity contribution in [2.45, 2.75) is 12.8 Å². The number of halogens is 4. The van der Waals surface area contributed by atoms with Gasteiger partial charge >= 0.3 is 6.18 Å². The van der Waals surface area contributed by atoms with Crippen molar-refractivity contribution in [2.24, 2.45) is 0 Å². The maximum atomic E-state index is 13.7. The highest BCUT2D eigenvalue weighted by atomic mass is 19.4. The van der Waals surface area contributed by atoms with E-state index in [0.717, 1.165) is 0 Å². The van der Waals surface area contributed by atoms with Crippen LogP contribution in [0.15, 0.2) is 66.7 Å². The Morgan fingerprint density at radius 2 is 1.70 bits per heavy atom. The highest BCUT2D eigenvalue weighted by Crippen LogP contribution is 2.46. The number of rotatable bonds is 6. The van der Waals surface area contributed by atoms with Crippen LogP contribution < -0.4 is 9.47 Å². The zero-order valence-electron chi connectivity index (χ0n) is 17.3. The van der Waals surface area contributed by atoms with Crippen LogP contribution in [-0.2, 0) is 12.8 Å². The van der Waals surface area contributed by atoms with E-state index in [1.807, 2.05) is 0 Å². The summed E-state index contributed by atoms with van der Waals surface area (Å²) in [6.07, 6.45) is -4.71. The summed E-state index contributed by atoms with van der Waals surface area (Å²) < 4.78 is 65.1. The number of phenols is 1. The summed E-state index contributed by atoms with van der Waals surface area (Å²) in [5, 5.41) is 16.5. The molecule has 0 spiro atoms. The van der Waals surface area contributed by atoms with Crippen molar-refractivity contribution < 1.29 is 32.1 Å². The SMILES string of the molecule is COc1ccccc1-c1c(-c2ccc(OCc3ccc(F)cc3)cc2O)n[nH]c1C(F)(F)F. The van der Waals surface area contributed by atoms with E-state index in [-0.39, 0.29) is 52.1 Å². The molecule has 0 aliphatic carbocycles. The molecule has 4 rings (SSSR count). The standard InChI is InChI=1S/C24H18F4N2O3/c1-32-20-5-3-2-4-18(20)21-22(29-30-23(21)24(26,27)28)17-11-10-16(12-19(17)31)33-13-14-6-8-15(25)9-7-14/h2-12,31H,13H2,1H3,(H,29,30). The van der Waals surface area contributed by atoms with Crippen molar-refractivity contribution in [1.29, 1.82) is 0 Å². The smallest absolute Gasteiger partial charge is 0.433 e. The van der Waals surface area contributed by atoms with Gasteiger partial charge in [0.25, 0.3) is 0 Å². The number of aromatic nitrogens is 2. The third-order valence-electron chi connectivity index (χ3n) is 4.97. The van der Waals surface area contributed by atoms with Crippen LogP contribution in [0.4, 0.5) is 17.6 Å². The van der Waals surface area contributed by atoms with Gasteiger partial charge in [-0.15, -0.1) is 0 Å². The topological polar surface area (TPSA) is 67.4 Å². The predicted molar refractivity (Wildman–Crippen MR) is 113 cm³/mol. The molecule has 33 heavy (non-hydrogen) atoms. The molecule has 1 aromatic heterocycles. The molecule has 3 aromatic carbocycles. The average Bonchev–Trinajstić information content (AvgIpc) is 3.24. The average molecular weight is 458 g/mol. The normalized spacial score (nSPS) is 11.4. The minimum atomic E-state index is -4.71. The van der Waals surface area contributed by atoms with Gasteiger partial charge in [0.05, 0.1) is 7.11 Å². The molecule has 0 unspecified atom stereocenters. The van der Waals surface area contributed by atoms with Crippen LogP contribution in [0, 0.1) is 5.82 Å². The number of hydrogen-bond donors (Lipinski definition) is 2. The Balaban J connectivity index is 1.72. The van der Waals surface area contributed by atoms with Crippen molar-refractivity contribution in [3.8, 4) is 39.6 Å². The highest BCUT2D eigenvalue weighted by Gasteiger charge is 2.39. The number of nitrogens with zero attached hydrogens (tertiary/aromatic N) is 1. The van der Waals surface area contributed by atoms with Gasteiger partial charge < -0.3 is 14.6 Å². The molecule has 0 saturated heterocycles. The van der Waals surface area contributed by atoms with Gasteiger partial charge in [0, 0.05) is 22.8 Å². The maximum Gasteiger partial charge on any atom is 0.433 e. The Labute approximate surface area is 186 Å². The van der Waals surface area contributed by atoms with Gasteiger partial charge in [-0.2, -0.15) is 18.3 Å². The molecule has 0 amide bonds. The molecule has 0 atom stereocenters. The molecule has 0 saturated carbocycles.